The minimum atomic E-state index is 0.655. The van der Waals surface area contributed by atoms with Crippen molar-refractivity contribution in [1.82, 2.24) is 9.88 Å². The molecule has 0 aliphatic carbocycles. The molecule has 0 saturated carbocycles. The summed E-state index contributed by atoms with van der Waals surface area (Å²) >= 11 is 17.7. The van der Waals surface area contributed by atoms with E-state index < -0.39 is 0 Å². The molecule has 0 radical (unpaired) electrons. The second-order valence-corrected chi connectivity index (χ2v) is 7.01. The molecule has 0 amide bonds. The van der Waals surface area contributed by atoms with Crippen molar-refractivity contribution in [2.24, 2.45) is 0 Å². The van der Waals surface area contributed by atoms with E-state index in [4.69, 9.17) is 35.4 Å². The van der Waals surface area contributed by atoms with Gasteiger partial charge in [-0.05, 0) is 55.0 Å². The maximum Gasteiger partial charge on any atom is 0.174 e. The van der Waals surface area contributed by atoms with Crippen LogP contribution in [-0.2, 0) is 0 Å². The van der Waals surface area contributed by atoms with Crippen LogP contribution in [0.4, 0.5) is 11.5 Å². The first-order valence-electron chi connectivity index (χ1n) is 7.71. The summed E-state index contributed by atoms with van der Waals surface area (Å²) < 4.78 is 0. The van der Waals surface area contributed by atoms with Crippen LogP contribution in [0.25, 0.3) is 0 Å². The lowest BCUT2D eigenvalue weighted by Gasteiger charge is -2.37. The van der Waals surface area contributed by atoms with E-state index in [2.05, 4.69) is 20.1 Å². The number of hydrogen-bond acceptors (Lipinski definition) is 3. The molecule has 2 heterocycles. The Labute approximate surface area is 157 Å². The van der Waals surface area contributed by atoms with E-state index in [1.807, 2.05) is 31.2 Å². The molecule has 1 saturated heterocycles. The van der Waals surface area contributed by atoms with Gasteiger partial charge in [0.2, 0.25) is 0 Å². The number of nitrogens with zero attached hydrogens (tertiary/aromatic N) is 3. The molecular weight excluding hydrogens is 363 g/mol. The summed E-state index contributed by atoms with van der Waals surface area (Å²) in [6.45, 7) is 5.42. The lowest BCUT2D eigenvalue weighted by Crippen LogP contribution is -2.50. The fourth-order valence-electron chi connectivity index (χ4n) is 2.68. The topological polar surface area (TPSA) is 31.4 Å². The Hall–Kier alpha value is -1.56. The Balaban J connectivity index is 1.59. The Morgan fingerprint density at radius 3 is 2.38 bits per heavy atom. The molecule has 1 aromatic carbocycles. The predicted octanol–water partition coefficient (Wildman–Crippen LogP) is 4.22. The molecule has 4 nitrogen and oxygen atoms in total. The van der Waals surface area contributed by atoms with E-state index in [1.165, 1.54) is 0 Å². The maximum atomic E-state index is 6.09. The summed E-state index contributed by atoms with van der Waals surface area (Å²) in [7, 11) is 0. The number of anilines is 2. The van der Waals surface area contributed by atoms with Crippen molar-refractivity contribution >= 4 is 52.0 Å². The molecule has 0 unspecified atom stereocenters. The van der Waals surface area contributed by atoms with Gasteiger partial charge in [0.05, 0.1) is 0 Å². The molecule has 0 bridgehead atoms. The third-order valence-electron chi connectivity index (χ3n) is 3.93. The van der Waals surface area contributed by atoms with Crippen LogP contribution in [0.2, 0.25) is 10.0 Å². The van der Waals surface area contributed by atoms with Crippen LogP contribution < -0.4 is 10.2 Å². The number of hydrogen-bond donors (Lipinski definition) is 1. The molecule has 3 rings (SSSR count). The first kappa shape index (κ1) is 17.3. The molecule has 24 heavy (non-hydrogen) atoms. The zero-order valence-electron chi connectivity index (χ0n) is 13.3. The van der Waals surface area contributed by atoms with Gasteiger partial charge in [0.25, 0.3) is 0 Å². The van der Waals surface area contributed by atoms with Crippen molar-refractivity contribution in [3.63, 3.8) is 0 Å². The fraction of sp³-hybridized carbons (Fsp3) is 0.294. The number of thiocarbonyl (C=S) groups is 1. The Morgan fingerprint density at radius 1 is 1.08 bits per heavy atom. The van der Waals surface area contributed by atoms with Crippen LogP contribution >= 0.6 is 35.4 Å². The number of nitrogens with one attached hydrogen (secondary N) is 1. The summed E-state index contributed by atoms with van der Waals surface area (Å²) in [5.74, 6) is 0.782. The maximum absolute atomic E-state index is 6.09. The van der Waals surface area contributed by atoms with Crippen LogP contribution in [0.5, 0.6) is 0 Å². The summed E-state index contributed by atoms with van der Waals surface area (Å²) in [5.41, 5.74) is 2.20. The minimum Gasteiger partial charge on any atom is -0.368 e. The quantitative estimate of drug-likeness (QED) is 0.788. The van der Waals surface area contributed by atoms with Gasteiger partial charge in [0.15, 0.2) is 5.11 Å². The SMILES string of the molecule is Cc1ccnc(NC(=S)N2CCN(c3cc(Cl)cc(Cl)c3)CC2)c1. The number of rotatable bonds is 2. The van der Waals surface area contributed by atoms with Crippen LogP contribution in [0.3, 0.4) is 0 Å². The minimum absolute atomic E-state index is 0.655. The van der Waals surface area contributed by atoms with E-state index in [0.717, 1.165) is 43.2 Å². The molecule has 1 aliphatic rings. The summed E-state index contributed by atoms with van der Waals surface area (Å²) in [4.78, 5) is 8.71. The van der Waals surface area contributed by atoms with E-state index in [1.54, 1.807) is 12.3 Å². The monoisotopic (exact) mass is 380 g/mol. The number of piperazine rings is 1. The first-order chi connectivity index (χ1) is 11.5. The standard InChI is InChI=1S/C17H18Cl2N4S/c1-12-2-3-20-16(8-12)21-17(24)23-6-4-22(5-7-23)15-10-13(18)9-14(19)11-15/h2-3,8-11H,4-7H2,1H3,(H,20,21,24). The lowest BCUT2D eigenvalue weighted by molar-refractivity contribution is 0.391. The second kappa shape index (κ2) is 7.55. The Morgan fingerprint density at radius 2 is 1.75 bits per heavy atom. The van der Waals surface area contributed by atoms with Gasteiger partial charge in [-0.2, -0.15) is 0 Å². The number of pyridine rings is 1. The zero-order chi connectivity index (χ0) is 17.1. The van der Waals surface area contributed by atoms with Gasteiger partial charge in [-0.25, -0.2) is 4.98 Å². The largest absolute Gasteiger partial charge is 0.368 e. The zero-order valence-corrected chi connectivity index (χ0v) is 15.6. The highest BCUT2D eigenvalue weighted by molar-refractivity contribution is 7.80. The first-order valence-corrected chi connectivity index (χ1v) is 8.87. The number of aromatic nitrogens is 1. The summed E-state index contributed by atoms with van der Waals surface area (Å²) in [5, 5.41) is 5.23. The Kier molecular flexibility index (Phi) is 5.43. The van der Waals surface area contributed by atoms with Crippen LogP contribution in [0.1, 0.15) is 5.56 Å². The second-order valence-electron chi connectivity index (χ2n) is 5.75. The average Bonchev–Trinajstić information content (AvgIpc) is 2.54. The van der Waals surface area contributed by atoms with Gasteiger partial charge in [0, 0.05) is 48.1 Å². The van der Waals surface area contributed by atoms with E-state index in [0.29, 0.717) is 15.2 Å². The van der Waals surface area contributed by atoms with Crippen molar-refractivity contribution in [2.45, 2.75) is 6.92 Å². The molecule has 2 aromatic rings. The van der Waals surface area contributed by atoms with E-state index >= 15 is 0 Å². The fourth-order valence-corrected chi connectivity index (χ4v) is 3.48. The number of benzene rings is 1. The van der Waals surface area contributed by atoms with Crippen molar-refractivity contribution in [3.8, 4) is 0 Å². The van der Waals surface area contributed by atoms with Crippen LogP contribution in [0, 0.1) is 6.92 Å². The van der Waals surface area contributed by atoms with Crippen molar-refractivity contribution in [2.75, 3.05) is 36.4 Å². The summed E-state index contributed by atoms with van der Waals surface area (Å²) in [6, 6.07) is 9.57. The lowest BCUT2D eigenvalue weighted by atomic mass is 10.2. The van der Waals surface area contributed by atoms with Crippen LogP contribution in [-0.4, -0.2) is 41.2 Å². The highest BCUT2D eigenvalue weighted by atomic mass is 35.5. The molecule has 0 atom stereocenters. The molecular formula is C17H18Cl2N4S. The van der Waals surface area contributed by atoms with E-state index in [9.17, 15) is 0 Å². The number of aryl methyl sites for hydroxylation is 1. The predicted molar refractivity (Wildman–Crippen MR) is 105 cm³/mol. The molecule has 126 valence electrons. The molecule has 1 fully saturated rings. The van der Waals surface area contributed by atoms with Gasteiger partial charge < -0.3 is 15.1 Å². The third-order valence-corrected chi connectivity index (χ3v) is 4.73. The average molecular weight is 381 g/mol. The van der Waals surface area contributed by atoms with Gasteiger partial charge in [0.1, 0.15) is 5.82 Å². The van der Waals surface area contributed by atoms with Crippen molar-refractivity contribution in [3.05, 3.63) is 52.1 Å². The highest BCUT2D eigenvalue weighted by Gasteiger charge is 2.20. The molecule has 7 heteroatoms. The number of halogens is 2. The van der Waals surface area contributed by atoms with Gasteiger partial charge in [-0.15, -0.1) is 0 Å². The summed E-state index contributed by atoms with van der Waals surface area (Å²) in [6.07, 6.45) is 1.78. The Bertz CT molecular complexity index is 725. The molecule has 1 N–H and O–H groups in total. The van der Waals surface area contributed by atoms with Gasteiger partial charge in [-0.1, -0.05) is 23.2 Å². The smallest absolute Gasteiger partial charge is 0.174 e. The third kappa shape index (κ3) is 4.29. The molecule has 0 spiro atoms. The van der Waals surface area contributed by atoms with Crippen LogP contribution in [0.15, 0.2) is 36.5 Å². The van der Waals surface area contributed by atoms with Gasteiger partial charge >= 0.3 is 0 Å². The molecule has 1 aromatic heterocycles. The van der Waals surface area contributed by atoms with Crippen molar-refractivity contribution < 1.29 is 0 Å². The van der Waals surface area contributed by atoms with Gasteiger partial charge in [-0.3, -0.25) is 0 Å². The highest BCUT2D eigenvalue weighted by Crippen LogP contribution is 2.26. The normalized spacial score (nSPS) is 14.6. The van der Waals surface area contributed by atoms with E-state index in [-0.39, 0.29) is 0 Å². The molecule has 1 aliphatic heterocycles. The van der Waals surface area contributed by atoms with Crippen molar-refractivity contribution in [1.29, 1.82) is 0 Å².